The molecule has 2 aromatic rings. The lowest BCUT2D eigenvalue weighted by molar-refractivity contribution is -0.268. The Morgan fingerprint density at radius 3 is 1.66 bits per heavy atom. The maximum Gasteiger partial charge on any atom is 0.477 e. The van der Waals surface area contributed by atoms with E-state index in [9.17, 15) is 57.3 Å². The molecule has 520 valence electrons. The predicted octanol–water partition coefficient (Wildman–Crippen LogP) is 4.60. The van der Waals surface area contributed by atoms with Gasteiger partial charge in [-0.3, -0.25) is 51.9 Å². The lowest BCUT2D eigenvalue weighted by Crippen LogP contribution is -2.67. The number of hydrogen-bond donors (Lipinski definition) is 7. The van der Waals surface area contributed by atoms with Crippen LogP contribution in [0.2, 0.25) is 51.4 Å². The zero-order valence-corrected chi connectivity index (χ0v) is 58.6. The highest BCUT2D eigenvalue weighted by molar-refractivity contribution is 7.48. The Morgan fingerprint density at radius 1 is 0.591 bits per heavy atom. The molecule has 1 saturated heterocycles. The van der Waals surface area contributed by atoms with Gasteiger partial charge in [0, 0.05) is 49.9 Å². The summed E-state index contributed by atoms with van der Waals surface area (Å²) >= 11 is 0. The van der Waals surface area contributed by atoms with Crippen LogP contribution in [-0.4, -0.2) is 182 Å². The van der Waals surface area contributed by atoms with Gasteiger partial charge in [0.25, 0.3) is 0 Å². The number of alkyl carbamates (subject to hydrolysis) is 1. The topological polar surface area (TPSA) is 381 Å². The van der Waals surface area contributed by atoms with E-state index in [2.05, 4.69) is 81.2 Å². The summed E-state index contributed by atoms with van der Waals surface area (Å²) < 4.78 is 71.6. The zero-order chi connectivity index (χ0) is 69.6. The van der Waals surface area contributed by atoms with Crippen molar-refractivity contribution in [3.05, 3.63) is 71.8 Å². The normalized spacial score (nSPS) is 18.4. The minimum absolute atomic E-state index is 0.0154. The van der Waals surface area contributed by atoms with Crippen molar-refractivity contribution < 1.29 is 104 Å². The molecule has 2 aromatic carbocycles. The fourth-order valence-corrected chi connectivity index (χ4v) is 11.3. The number of hydrogen-bond acceptors (Lipinski definition) is 22. The third-order valence-electron chi connectivity index (χ3n) is 13.9. The first kappa shape index (κ1) is 80.1. The third kappa shape index (κ3) is 31.6. The number of esters is 4. The molecule has 7 amide bonds. The second kappa shape index (κ2) is 39.5. The van der Waals surface area contributed by atoms with Crippen LogP contribution in [0.5, 0.6) is 0 Å². The van der Waals surface area contributed by atoms with Crippen LogP contribution in [0, 0.1) is 0 Å². The van der Waals surface area contributed by atoms with Crippen LogP contribution < -0.4 is 37.2 Å². The molecule has 3 rings (SSSR count). The molecular weight excluding hydrogens is 1270 g/mol. The van der Waals surface area contributed by atoms with Gasteiger partial charge in [-0.15, -0.1) is 0 Å². The van der Waals surface area contributed by atoms with Crippen LogP contribution in [0.25, 0.3) is 0 Å². The number of benzene rings is 2. The van der Waals surface area contributed by atoms with Crippen molar-refractivity contribution in [3.63, 3.8) is 0 Å². The highest BCUT2D eigenvalue weighted by Crippen LogP contribution is 2.53. The second-order valence-electron chi connectivity index (χ2n) is 24.7. The summed E-state index contributed by atoms with van der Waals surface area (Å²) in [5.41, 5.74) is 1.13. The number of carbonyl (C=O) groups excluding carboxylic acids is 11. The monoisotopic (exact) mass is 1370 g/mol. The minimum Gasteiger partial charge on any atom is -0.467 e. The second-order valence-corrected chi connectivity index (χ2v) is 37.6. The van der Waals surface area contributed by atoms with Gasteiger partial charge in [-0.2, -0.15) is 0 Å². The molecule has 0 aromatic heterocycles. The zero-order valence-electron chi connectivity index (χ0n) is 55.7. The Morgan fingerprint density at radius 2 is 1.13 bits per heavy atom. The Balaban J connectivity index is 1.90. The quantitative estimate of drug-likeness (QED) is 0.0158. The molecule has 0 aliphatic carbocycles. The smallest absolute Gasteiger partial charge is 0.467 e. The summed E-state index contributed by atoms with van der Waals surface area (Å²) in [4.78, 5) is 145. The van der Waals surface area contributed by atoms with Crippen molar-refractivity contribution >= 4 is 89.4 Å². The molecule has 1 aliphatic rings. The largest absolute Gasteiger partial charge is 0.477 e. The van der Waals surface area contributed by atoms with Crippen molar-refractivity contribution in [2.45, 2.75) is 212 Å². The molecule has 0 radical (unpaired) electrons. The molecule has 93 heavy (non-hydrogen) atoms. The van der Waals surface area contributed by atoms with Crippen LogP contribution in [0.1, 0.15) is 91.7 Å². The lowest BCUT2D eigenvalue weighted by Gasteiger charge is -2.46. The van der Waals surface area contributed by atoms with E-state index in [1.807, 2.05) is 0 Å². The van der Waals surface area contributed by atoms with E-state index in [4.69, 9.17) is 42.0 Å². The van der Waals surface area contributed by atoms with Crippen molar-refractivity contribution in [2.24, 2.45) is 0 Å². The summed E-state index contributed by atoms with van der Waals surface area (Å²) in [5.74, 6) is -8.21. The summed E-state index contributed by atoms with van der Waals surface area (Å²) in [6, 6.07) is 10.5. The molecular formula is C61H96N7O22PSi2. The van der Waals surface area contributed by atoms with E-state index >= 15 is 0 Å². The van der Waals surface area contributed by atoms with Crippen molar-refractivity contribution in [1.29, 1.82) is 0 Å². The summed E-state index contributed by atoms with van der Waals surface area (Å²) in [6.07, 6.45) is -9.04. The van der Waals surface area contributed by atoms with Crippen LogP contribution in [0.3, 0.4) is 0 Å². The number of nitrogens with one attached hydrogen (secondary N) is 7. The standard InChI is InChI=1S/C61H96N7O22PSi2/c1-38(54(73)65-40(3)58(77)81-8)64-57(76)47(27-21-22-30-62-61(79)83-32-34-93(12,13)14)67-50(72)29-28-48(59(78)82-31-33-92(9,10)11)68-55(74)39(2)63-56(75)41(4)87-53-51(66-42(5)69)60(89-49(37-84-43(6)70)52(53)88-44(7)71)90-91(80,85-35-45-23-17-15-18-24-45)86-36-46-25-19-16-20-26-46/h15-20,23-26,38-41,47-49,51-53,60H,21-22,27-37H2,1-14H3,(H,62,79)(H,63,75)(H,64,76)(H,65,73)(H,66,69)(H,67,72)(H,68,74)/t38-,39+,40-,41-,47+,48-,49-,51-,52-,53-,60-/m1/s1. The Hall–Kier alpha value is -7.13. The molecule has 1 fully saturated rings. The molecule has 0 saturated carbocycles. The number of ether oxygens (including phenoxy) is 7. The Kier molecular flexibility index (Phi) is 34.1. The molecule has 11 atom stereocenters. The number of rotatable bonds is 39. The molecule has 1 heterocycles. The average Bonchev–Trinajstić information content (AvgIpc) is 0.795. The van der Waals surface area contributed by atoms with Gasteiger partial charge in [0.1, 0.15) is 61.2 Å². The molecule has 29 nitrogen and oxygen atoms in total. The van der Waals surface area contributed by atoms with E-state index in [1.54, 1.807) is 60.7 Å². The van der Waals surface area contributed by atoms with Gasteiger partial charge in [-0.25, -0.2) is 18.9 Å². The fourth-order valence-electron chi connectivity index (χ4n) is 8.62. The van der Waals surface area contributed by atoms with E-state index < -0.39 is 169 Å². The first-order valence-corrected chi connectivity index (χ1v) is 39.7. The van der Waals surface area contributed by atoms with Gasteiger partial charge in [-0.05, 0) is 76.6 Å². The Bertz CT molecular complexity index is 2800. The number of unbranched alkanes of at least 4 members (excludes halogenated alkanes) is 1. The predicted molar refractivity (Wildman–Crippen MR) is 342 cm³/mol. The number of phosphoric acid groups is 1. The first-order valence-electron chi connectivity index (χ1n) is 30.8. The van der Waals surface area contributed by atoms with Gasteiger partial charge < -0.3 is 70.4 Å². The lowest BCUT2D eigenvalue weighted by atomic mass is 9.96. The van der Waals surface area contributed by atoms with E-state index in [1.165, 1.54) is 27.7 Å². The molecule has 0 unspecified atom stereocenters. The molecule has 32 heteroatoms. The number of methoxy groups -OCH3 is 1. The average molecular weight is 1370 g/mol. The number of amides is 7. The summed E-state index contributed by atoms with van der Waals surface area (Å²) in [7, 11) is -6.86. The van der Waals surface area contributed by atoms with Gasteiger partial charge >= 0.3 is 37.8 Å². The van der Waals surface area contributed by atoms with E-state index in [0.717, 1.165) is 33.9 Å². The first-order chi connectivity index (χ1) is 43.6. The van der Waals surface area contributed by atoms with Gasteiger partial charge in [0.15, 0.2) is 12.4 Å². The summed E-state index contributed by atoms with van der Waals surface area (Å²) in [6.45, 7) is 20.4. The van der Waals surface area contributed by atoms with E-state index in [-0.39, 0.29) is 52.2 Å². The van der Waals surface area contributed by atoms with Crippen LogP contribution in [-0.2, 0) is 112 Å². The molecule has 0 bridgehead atoms. The molecule has 1 aliphatic heterocycles. The molecule has 0 spiro atoms. The number of phosphoric ester groups is 1. The highest BCUT2D eigenvalue weighted by Gasteiger charge is 2.53. The summed E-state index contributed by atoms with van der Waals surface area (Å²) in [5, 5.41) is 18.0. The van der Waals surface area contributed by atoms with Crippen molar-refractivity contribution in [1.82, 2.24) is 37.2 Å². The minimum atomic E-state index is -4.78. The van der Waals surface area contributed by atoms with Crippen LogP contribution in [0.15, 0.2) is 60.7 Å². The maximum absolute atomic E-state index is 14.8. The van der Waals surface area contributed by atoms with Crippen LogP contribution in [0.4, 0.5) is 4.79 Å². The Labute approximate surface area is 545 Å². The maximum atomic E-state index is 14.8. The van der Waals surface area contributed by atoms with Gasteiger partial charge in [0.05, 0.1) is 33.5 Å². The number of carbonyl (C=O) groups is 11. The van der Waals surface area contributed by atoms with Gasteiger partial charge in [-0.1, -0.05) is 99.9 Å². The molecule has 7 N–H and O–H groups in total. The fraction of sp³-hybridized carbons (Fsp3) is 0.623. The third-order valence-corrected chi connectivity index (χ3v) is 18.7. The highest BCUT2D eigenvalue weighted by atomic mass is 31.2. The van der Waals surface area contributed by atoms with Crippen LogP contribution >= 0.6 is 7.82 Å². The van der Waals surface area contributed by atoms with Gasteiger partial charge in [0.2, 0.25) is 35.4 Å². The SMILES string of the molecule is COC(=O)[C@@H](C)NC(=O)[C@@H](C)NC(=O)[C@H](CCCCNC(=O)OCC[Si](C)(C)C)NC(=O)CC[C@@H](NC(=O)[C@H](C)NC(=O)[C@@H](C)O[C@@H]1[C@@H](NC(C)=O)[C@@H](OP(=O)(OCc2ccccc2)OCc2ccccc2)O[C@H](COC(C)=O)[C@H]1OC(C)=O)C(=O)OCC[Si](C)(C)C. The van der Waals surface area contributed by atoms with Crippen molar-refractivity contribution in [3.8, 4) is 0 Å². The van der Waals surface area contributed by atoms with E-state index in [0.29, 0.717) is 23.6 Å². The van der Waals surface area contributed by atoms with Crippen molar-refractivity contribution in [2.75, 3.05) is 33.5 Å².